The van der Waals surface area contributed by atoms with Crippen LogP contribution in [-0.4, -0.2) is 66.2 Å². The van der Waals surface area contributed by atoms with Crippen LogP contribution in [0, 0.1) is 5.92 Å². The summed E-state index contributed by atoms with van der Waals surface area (Å²) in [6.45, 7) is 11.2. The van der Waals surface area contributed by atoms with E-state index in [9.17, 15) is 9.59 Å². The Labute approximate surface area is 126 Å². The summed E-state index contributed by atoms with van der Waals surface area (Å²) in [5.41, 5.74) is -0.482. The molecule has 2 aliphatic heterocycles. The van der Waals surface area contributed by atoms with E-state index < -0.39 is 5.60 Å². The van der Waals surface area contributed by atoms with E-state index in [0.29, 0.717) is 32.0 Å². The number of hydrogen-bond acceptors (Lipinski definition) is 4. The van der Waals surface area contributed by atoms with E-state index in [4.69, 9.17) is 4.74 Å². The van der Waals surface area contributed by atoms with Gasteiger partial charge in [0.15, 0.2) is 0 Å². The standard InChI is InChI=1S/C15H27N3O3/c1-11-10-17(14(20)21-15(2,3)4)5-6-18(11)13(19)7-12-8-16-9-12/h11-12,16H,5-10H2,1-4H3/t11-/m1/s1. The summed E-state index contributed by atoms with van der Waals surface area (Å²) < 4.78 is 5.39. The van der Waals surface area contributed by atoms with E-state index in [2.05, 4.69) is 5.32 Å². The average Bonchev–Trinajstić information content (AvgIpc) is 2.31. The van der Waals surface area contributed by atoms with E-state index in [1.807, 2.05) is 32.6 Å². The zero-order chi connectivity index (χ0) is 15.6. The molecule has 2 amide bonds. The summed E-state index contributed by atoms with van der Waals surface area (Å²) in [5.74, 6) is 0.687. The highest BCUT2D eigenvalue weighted by molar-refractivity contribution is 5.77. The molecule has 0 unspecified atom stereocenters. The lowest BCUT2D eigenvalue weighted by atomic mass is 9.98. The van der Waals surface area contributed by atoms with Crippen LogP contribution in [-0.2, 0) is 9.53 Å². The normalized spacial score (nSPS) is 23.7. The SMILES string of the molecule is C[C@@H]1CN(C(=O)OC(C)(C)C)CCN1C(=O)CC1CNC1. The molecule has 2 heterocycles. The Morgan fingerprint density at radius 1 is 1.24 bits per heavy atom. The lowest BCUT2D eigenvalue weighted by Gasteiger charge is -2.41. The molecule has 0 aromatic heterocycles. The van der Waals surface area contributed by atoms with Gasteiger partial charge in [0, 0.05) is 32.1 Å². The molecule has 0 spiro atoms. The fraction of sp³-hybridized carbons (Fsp3) is 0.867. The highest BCUT2D eigenvalue weighted by atomic mass is 16.6. The molecular formula is C15H27N3O3. The Morgan fingerprint density at radius 2 is 1.90 bits per heavy atom. The molecule has 0 aromatic carbocycles. The lowest BCUT2D eigenvalue weighted by Crippen LogP contribution is -2.57. The monoisotopic (exact) mass is 297 g/mol. The highest BCUT2D eigenvalue weighted by Crippen LogP contribution is 2.18. The maximum absolute atomic E-state index is 12.3. The molecule has 2 aliphatic rings. The molecular weight excluding hydrogens is 270 g/mol. The summed E-state index contributed by atoms with van der Waals surface area (Å²) >= 11 is 0. The number of rotatable bonds is 2. The zero-order valence-corrected chi connectivity index (χ0v) is 13.5. The first kappa shape index (κ1) is 16.1. The van der Waals surface area contributed by atoms with Gasteiger partial charge in [-0.2, -0.15) is 0 Å². The second-order valence-electron chi connectivity index (χ2n) is 7.09. The molecule has 0 aliphatic carbocycles. The third kappa shape index (κ3) is 4.33. The number of piperazine rings is 1. The van der Waals surface area contributed by atoms with Gasteiger partial charge in [-0.25, -0.2) is 4.79 Å². The van der Waals surface area contributed by atoms with E-state index >= 15 is 0 Å². The summed E-state index contributed by atoms with van der Waals surface area (Å²) in [6.07, 6.45) is 0.327. The highest BCUT2D eigenvalue weighted by Gasteiger charge is 2.33. The zero-order valence-electron chi connectivity index (χ0n) is 13.5. The number of ether oxygens (including phenoxy) is 1. The van der Waals surface area contributed by atoms with Crippen LogP contribution in [0.1, 0.15) is 34.1 Å². The quantitative estimate of drug-likeness (QED) is 0.828. The summed E-state index contributed by atoms with van der Waals surface area (Å²) in [7, 11) is 0. The molecule has 6 nitrogen and oxygen atoms in total. The molecule has 1 N–H and O–H groups in total. The summed E-state index contributed by atoms with van der Waals surface area (Å²) in [5, 5.41) is 3.18. The van der Waals surface area contributed by atoms with Crippen LogP contribution in [0.15, 0.2) is 0 Å². The molecule has 6 heteroatoms. The van der Waals surface area contributed by atoms with Gasteiger partial charge in [-0.15, -0.1) is 0 Å². The van der Waals surface area contributed by atoms with Gasteiger partial charge in [0.05, 0.1) is 0 Å². The van der Waals surface area contributed by atoms with Crippen LogP contribution in [0.2, 0.25) is 0 Å². The van der Waals surface area contributed by atoms with Crippen LogP contribution in [0.3, 0.4) is 0 Å². The Balaban J connectivity index is 1.83. The van der Waals surface area contributed by atoms with Gasteiger partial charge < -0.3 is 19.9 Å². The lowest BCUT2D eigenvalue weighted by molar-refractivity contribution is -0.137. The van der Waals surface area contributed by atoms with E-state index in [0.717, 1.165) is 13.1 Å². The van der Waals surface area contributed by atoms with Crippen molar-refractivity contribution in [2.24, 2.45) is 5.92 Å². The van der Waals surface area contributed by atoms with Crippen molar-refractivity contribution in [3.05, 3.63) is 0 Å². The van der Waals surface area contributed by atoms with Gasteiger partial charge in [0.25, 0.3) is 0 Å². The molecule has 0 aromatic rings. The van der Waals surface area contributed by atoms with Crippen LogP contribution in [0.25, 0.3) is 0 Å². The number of carbonyl (C=O) groups is 2. The maximum Gasteiger partial charge on any atom is 0.410 e. The first-order chi connectivity index (χ1) is 9.76. The third-order valence-electron chi connectivity index (χ3n) is 3.93. The molecule has 0 bridgehead atoms. The predicted octanol–water partition coefficient (Wildman–Crippen LogP) is 1.06. The van der Waals surface area contributed by atoms with Gasteiger partial charge in [-0.05, 0) is 46.7 Å². The van der Waals surface area contributed by atoms with Crippen molar-refractivity contribution in [3.8, 4) is 0 Å². The van der Waals surface area contributed by atoms with Gasteiger partial charge in [0.1, 0.15) is 5.60 Å². The minimum Gasteiger partial charge on any atom is -0.444 e. The van der Waals surface area contributed by atoms with Crippen LogP contribution in [0.4, 0.5) is 4.79 Å². The summed E-state index contributed by atoms with van der Waals surface area (Å²) in [6, 6.07) is 0.0480. The van der Waals surface area contributed by atoms with Crippen molar-refractivity contribution in [2.75, 3.05) is 32.7 Å². The van der Waals surface area contributed by atoms with Crippen molar-refractivity contribution in [3.63, 3.8) is 0 Å². The van der Waals surface area contributed by atoms with E-state index in [1.165, 1.54) is 0 Å². The molecule has 0 saturated carbocycles. The molecule has 2 rings (SSSR count). The van der Waals surface area contributed by atoms with Crippen molar-refractivity contribution in [1.29, 1.82) is 0 Å². The van der Waals surface area contributed by atoms with Crippen LogP contribution < -0.4 is 5.32 Å². The first-order valence-corrected chi connectivity index (χ1v) is 7.74. The van der Waals surface area contributed by atoms with E-state index in [1.54, 1.807) is 4.90 Å². The minimum atomic E-state index is -0.482. The van der Waals surface area contributed by atoms with Crippen molar-refractivity contribution >= 4 is 12.0 Å². The number of amides is 2. The van der Waals surface area contributed by atoms with E-state index in [-0.39, 0.29) is 18.0 Å². The van der Waals surface area contributed by atoms with Crippen molar-refractivity contribution in [1.82, 2.24) is 15.1 Å². The Bertz CT molecular complexity index is 401. The Morgan fingerprint density at radius 3 is 2.38 bits per heavy atom. The fourth-order valence-electron chi connectivity index (χ4n) is 2.68. The number of hydrogen-bond donors (Lipinski definition) is 1. The van der Waals surface area contributed by atoms with Gasteiger partial charge in [-0.1, -0.05) is 0 Å². The van der Waals surface area contributed by atoms with Gasteiger partial charge in [-0.3, -0.25) is 4.79 Å². The summed E-state index contributed by atoms with van der Waals surface area (Å²) in [4.78, 5) is 27.9. The molecule has 2 saturated heterocycles. The number of nitrogens with zero attached hydrogens (tertiary/aromatic N) is 2. The average molecular weight is 297 g/mol. The van der Waals surface area contributed by atoms with Gasteiger partial charge in [0.2, 0.25) is 5.91 Å². The van der Waals surface area contributed by atoms with Crippen molar-refractivity contribution in [2.45, 2.75) is 45.8 Å². The molecule has 120 valence electrons. The second-order valence-corrected chi connectivity index (χ2v) is 7.09. The topological polar surface area (TPSA) is 61.9 Å². The van der Waals surface area contributed by atoms with Crippen LogP contribution in [0.5, 0.6) is 0 Å². The maximum atomic E-state index is 12.3. The first-order valence-electron chi connectivity index (χ1n) is 7.74. The molecule has 2 fully saturated rings. The fourth-order valence-corrected chi connectivity index (χ4v) is 2.68. The molecule has 0 radical (unpaired) electrons. The molecule has 21 heavy (non-hydrogen) atoms. The van der Waals surface area contributed by atoms with Crippen LogP contribution >= 0.6 is 0 Å². The second kappa shape index (κ2) is 6.22. The molecule has 1 atom stereocenters. The smallest absolute Gasteiger partial charge is 0.410 e. The Kier molecular flexibility index (Phi) is 4.76. The Hall–Kier alpha value is -1.30. The van der Waals surface area contributed by atoms with Gasteiger partial charge >= 0.3 is 6.09 Å². The van der Waals surface area contributed by atoms with Crippen molar-refractivity contribution < 1.29 is 14.3 Å². The third-order valence-corrected chi connectivity index (χ3v) is 3.93. The predicted molar refractivity (Wildman–Crippen MR) is 80.0 cm³/mol. The number of nitrogens with one attached hydrogen (secondary N) is 1. The largest absolute Gasteiger partial charge is 0.444 e. The number of carbonyl (C=O) groups excluding carboxylic acids is 2. The minimum absolute atomic E-state index is 0.0480.